The van der Waals surface area contributed by atoms with E-state index in [1.807, 2.05) is 6.92 Å². The molecule has 0 aliphatic heterocycles. The van der Waals surface area contributed by atoms with E-state index in [1.54, 1.807) is 12.3 Å². The molecule has 3 nitrogen and oxygen atoms in total. The number of H-pyrrole nitrogens is 1. The second-order valence-electron chi connectivity index (χ2n) is 2.37. The molecule has 2 heterocycles. The average Bonchev–Trinajstić information content (AvgIpc) is 2.32. The molecule has 0 aliphatic rings. The molecule has 56 valence electrons. The van der Waals surface area contributed by atoms with Crippen molar-refractivity contribution in [1.29, 1.82) is 0 Å². The summed E-state index contributed by atoms with van der Waals surface area (Å²) in [6.45, 7) is 1.93. The molecule has 11 heavy (non-hydrogen) atoms. The Morgan fingerprint density at radius 1 is 1.55 bits per heavy atom. The molecular weight excluding hydrogens is 162 g/mol. The molecule has 0 saturated carbocycles. The van der Waals surface area contributed by atoms with Crippen LogP contribution < -0.4 is 0 Å². The fourth-order valence-electron chi connectivity index (χ4n) is 1.000. The van der Waals surface area contributed by atoms with Crippen molar-refractivity contribution in [2.75, 3.05) is 0 Å². The molecule has 4 heteroatoms. The number of pyridine rings is 1. The number of fused-ring (bicyclic) bond motifs is 1. The number of aromatic nitrogens is 3. The lowest BCUT2D eigenvalue weighted by molar-refractivity contribution is 1.07. The van der Waals surface area contributed by atoms with Gasteiger partial charge in [-0.3, -0.25) is 10.1 Å². The van der Waals surface area contributed by atoms with Crippen LogP contribution in [0.4, 0.5) is 0 Å². The minimum Gasteiger partial charge on any atom is -0.280 e. The number of aromatic amines is 1. The Balaban J connectivity index is 2.86. The highest BCUT2D eigenvalue weighted by Crippen LogP contribution is 2.15. The van der Waals surface area contributed by atoms with Gasteiger partial charge < -0.3 is 0 Å². The highest BCUT2D eigenvalue weighted by molar-refractivity contribution is 6.31. The Kier molecular flexibility index (Phi) is 1.32. The molecule has 0 unspecified atom stereocenters. The molecule has 2 rings (SSSR count). The van der Waals surface area contributed by atoms with Crippen molar-refractivity contribution in [3.8, 4) is 0 Å². The SMILES string of the molecule is Cc1[nH]nc2cc(Cl)cnc12. The van der Waals surface area contributed by atoms with Crippen molar-refractivity contribution < 1.29 is 0 Å². The van der Waals surface area contributed by atoms with Gasteiger partial charge in [-0.2, -0.15) is 5.10 Å². The van der Waals surface area contributed by atoms with Crippen molar-refractivity contribution in [2.45, 2.75) is 6.92 Å². The fraction of sp³-hybridized carbons (Fsp3) is 0.143. The molecule has 0 aromatic carbocycles. The average molecular weight is 168 g/mol. The van der Waals surface area contributed by atoms with Crippen LogP contribution in [0.3, 0.4) is 0 Å². The van der Waals surface area contributed by atoms with Crippen LogP contribution in [-0.4, -0.2) is 15.2 Å². The third-order valence-corrected chi connectivity index (χ3v) is 1.74. The standard InChI is InChI=1S/C7H6ClN3/c1-4-7-6(11-10-4)2-5(8)3-9-7/h2-3H,1H3,(H,10,11). The van der Waals surface area contributed by atoms with Gasteiger partial charge in [-0.05, 0) is 13.0 Å². The number of nitrogens with zero attached hydrogens (tertiary/aromatic N) is 2. The van der Waals surface area contributed by atoms with Crippen LogP contribution in [-0.2, 0) is 0 Å². The Morgan fingerprint density at radius 2 is 2.36 bits per heavy atom. The molecule has 0 bridgehead atoms. The third kappa shape index (κ3) is 0.973. The monoisotopic (exact) mass is 167 g/mol. The van der Waals surface area contributed by atoms with Crippen LogP contribution in [0, 0.1) is 6.92 Å². The first kappa shape index (κ1) is 6.61. The minimum absolute atomic E-state index is 0.615. The molecule has 0 saturated heterocycles. The van der Waals surface area contributed by atoms with E-state index < -0.39 is 0 Å². The normalized spacial score (nSPS) is 10.7. The molecule has 0 radical (unpaired) electrons. The van der Waals surface area contributed by atoms with Gasteiger partial charge in [0, 0.05) is 6.20 Å². The van der Waals surface area contributed by atoms with Gasteiger partial charge in [-0.15, -0.1) is 0 Å². The number of nitrogens with one attached hydrogen (secondary N) is 1. The molecule has 2 aromatic heterocycles. The summed E-state index contributed by atoms with van der Waals surface area (Å²) < 4.78 is 0. The zero-order chi connectivity index (χ0) is 7.84. The number of aryl methyl sites for hydroxylation is 1. The van der Waals surface area contributed by atoms with E-state index in [0.717, 1.165) is 16.7 Å². The largest absolute Gasteiger partial charge is 0.280 e. The highest BCUT2D eigenvalue weighted by atomic mass is 35.5. The Morgan fingerprint density at radius 3 is 3.18 bits per heavy atom. The number of rotatable bonds is 0. The summed E-state index contributed by atoms with van der Waals surface area (Å²) in [6.07, 6.45) is 1.62. The molecule has 1 N–H and O–H groups in total. The summed E-state index contributed by atoms with van der Waals surface area (Å²) >= 11 is 5.71. The summed E-state index contributed by atoms with van der Waals surface area (Å²) in [7, 11) is 0. The Labute approximate surface area is 68.4 Å². The van der Waals surface area contributed by atoms with Gasteiger partial charge in [-0.1, -0.05) is 11.6 Å². The van der Waals surface area contributed by atoms with Crippen molar-refractivity contribution in [1.82, 2.24) is 15.2 Å². The molecule has 0 spiro atoms. The van der Waals surface area contributed by atoms with Crippen molar-refractivity contribution >= 4 is 22.6 Å². The van der Waals surface area contributed by atoms with Gasteiger partial charge in [0.25, 0.3) is 0 Å². The second-order valence-corrected chi connectivity index (χ2v) is 2.81. The third-order valence-electron chi connectivity index (χ3n) is 1.53. The lowest BCUT2D eigenvalue weighted by Crippen LogP contribution is -1.75. The fourth-order valence-corrected chi connectivity index (χ4v) is 1.15. The van der Waals surface area contributed by atoms with E-state index >= 15 is 0 Å². The predicted molar refractivity (Wildman–Crippen MR) is 43.6 cm³/mol. The second kappa shape index (κ2) is 2.20. The quantitative estimate of drug-likeness (QED) is 0.652. The molecule has 0 aliphatic carbocycles. The highest BCUT2D eigenvalue weighted by Gasteiger charge is 2.01. The van der Waals surface area contributed by atoms with Crippen LogP contribution in [0.25, 0.3) is 11.0 Å². The molecule has 0 fully saturated rings. The van der Waals surface area contributed by atoms with Crippen LogP contribution in [0.15, 0.2) is 12.3 Å². The zero-order valence-corrected chi connectivity index (χ0v) is 6.68. The Bertz CT molecular complexity index is 393. The Hall–Kier alpha value is -1.09. The van der Waals surface area contributed by atoms with Gasteiger partial charge in [-0.25, -0.2) is 0 Å². The topological polar surface area (TPSA) is 41.6 Å². The summed E-state index contributed by atoms with van der Waals surface area (Å²) in [4.78, 5) is 4.11. The van der Waals surface area contributed by atoms with Crippen molar-refractivity contribution in [3.05, 3.63) is 23.0 Å². The van der Waals surface area contributed by atoms with Crippen molar-refractivity contribution in [2.24, 2.45) is 0 Å². The maximum Gasteiger partial charge on any atom is 0.112 e. The van der Waals surface area contributed by atoms with Crippen molar-refractivity contribution in [3.63, 3.8) is 0 Å². The lowest BCUT2D eigenvalue weighted by atomic mass is 10.3. The summed E-state index contributed by atoms with van der Waals surface area (Å²) in [5, 5.41) is 7.45. The first-order valence-corrected chi connectivity index (χ1v) is 3.61. The molecule has 2 aromatic rings. The number of halogens is 1. The van der Waals surface area contributed by atoms with Gasteiger partial charge in [0.05, 0.1) is 10.7 Å². The molecular formula is C7H6ClN3. The minimum atomic E-state index is 0.615. The molecule has 0 amide bonds. The summed E-state index contributed by atoms with van der Waals surface area (Å²) in [5.74, 6) is 0. The van der Waals surface area contributed by atoms with Crippen LogP contribution >= 0.6 is 11.6 Å². The lowest BCUT2D eigenvalue weighted by Gasteiger charge is -1.88. The van der Waals surface area contributed by atoms with Gasteiger partial charge in [0.15, 0.2) is 0 Å². The van der Waals surface area contributed by atoms with E-state index in [4.69, 9.17) is 11.6 Å². The van der Waals surface area contributed by atoms with Gasteiger partial charge in [0.2, 0.25) is 0 Å². The van der Waals surface area contributed by atoms with Crippen LogP contribution in [0.2, 0.25) is 5.02 Å². The van der Waals surface area contributed by atoms with E-state index in [2.05, 4.69) is 15.2 Å². The zero-order valence-electron chi connectivity index (χ0n) is 5.93. The predicted octanol–water partition coefficient (Wildman–Crippen LogP) is 1.92. The van der Waals surface area contributed by atoms with Crippen LogP contribution in [0.5, 0.6) is 0 Å². The van der Waals surface area contributed by atoms with E-state index in [-0.39, 0.29) is 0 Å². The van der Waals surface area contributed by atoms with E-state index in [9.17, 15) is 0 Å². The number of hydrogen-bond donors (Lipinski definition) is 1. The number of hydrogen-bond acceptors (Lipinski definition) is 2. The smallest absolute Gasteiger partial charge is 0.112 e. The summed E-state index contributed by atoms with van der Waals surface area (Å²) in [5.41, 5.74) is 2.67. The summed E-state index contributed by atoms with van der Waals surface area (Å²) in [6, 6.07) is 1.79. The van der Waals surface area contributed by atoms with E-state index in [0.29, 0.717) is 5.02 Å². The first-order chi connectivity index (χ1) is 5.27. The van der Waals surface area contributed by atoms with Gasteiger partial charge in [0.1, 0.15) is 11.0 Å². The van der Waals surface area contributed by atoms with Gasteiger partial charge >= 0.3 is 0 Å². The molecule has 0 atom stereocenters. The van der Waals surface area contributed by atoms with E-state index in [1.165, 1.54) is 0 Å². The maximum atomic E-state index is 5.71. The maximum absolute atomic E-state index is 5.71. The van der Waals surface area contributed by atoms with Crippen LogP contribution in [0.1, 0.15) is 5.69 Å². The first-order valence-electron chi connectivity index (χ1n) is 3.23.